The standard InChI is InChI=1S/C16H24N4O3/c1-2-3-8-17-15(21)13-4-5-14(19-18-13)20-9-6-16(7-10-20)22-11-12-23-16/h4-5H,2-3,6-12H2,1H3,(H,17,21). The molecule has 0 radical (unpaired) electrons. The highest BCUT2D eigenvalue weighted by Gasteiger charge is 2.40. The van der Waals surface area contributed by atoms with Gasteiger partial charge in [0, 0.05) is 32.5 Å². The molecule has 2 fully saturated rings. The van der Waals surface area contributed by atoms with Crippen LogP contribution in [0, 0.1) is 0 Å². The number of nitrogens with zero attached hydrogens (tertiary/aromatic N) is 3. The molecule has 0 bridgehead atoms. The van der Waals surface area contributed by atoms with Crippen LogP contribution >= 0.6 is 0 Å². The van der Waals surface area contributed by atoms with E-state index in [1.54, 1.807) is 6.07 Å². The monoisotopic (exact) mass is 320 g/mol. The van der Waals surface area contributed by atoms with Gasteiger partial charge in [0.2, 0.25) is 0 Å². The normalized spacial score (nSPS) is 20.0. The molecule has 1 aromatic heterocycles. The average molecular weight is 320 g/mol. The van der Waals surface area contributed by atoms with Gasteiger partial charge >= 0.3 is 0 Å². The van der Waals surface area contributed by atoms with Crippen molar-refractivity contribution in [1.29, 1.82) is 0 Å². The van der Waals surface area contributed by atoms with Crippen molar-refractivity contribution in [3.05, 3.63) is 17.8 Å². The van der Waals surface area contributed by atoms with Crippen molar-refractivity contribution >= 4 is 11.7 Å². The van der Waals surface area contributed by atoms with Crippen LogP contribution in [-0.4, -0.2) is 54.7 Å². The zero-order valence-corrected chi connectivity index (χ0v) is 13.6. The van der Waals surface area contributed by atoms with Crippen molar-refractivity contribution in [2.45, 2.75) is 38.4 Å². The van der Waals surface area contributed by atoms with E-state index in [-0.39, 0.29) is 11.7 Å². The Morgan fingerprint density at radius 3 is 2.61 bits per heavy atom. The minimum atomic E-state index is -0.386. The summed E-state index contributed by atoms with van der Waals surface area (Å²) in [6.45, 7) is 5.76. The van der Waals surface area contributed by atoms with Crippen LogP contribution in [0.4, 0.5) is 5.82 Å². The van der Waals surface area contributed by atoms with Gasteiger partial charge in [0.15, 0.2) is 17.3 Å². The highest BCUT2D eigenvalue weighted by Crippen LogP contribution is 2.32. The number of rotatable bonds is 5. The minimum Gasteiger partial charge on any atom is -0.355 e. The van der Waals surface area contributed by atoms with E-state index in [2.05, 4.69) is 27.3 Å². The summed E-state index contributed by atoms with van der Waals surface area (Å²) in [6.07, 6.45) is 3.67. The fourth-order valence-corrected chi connectivity index (χ4v) is 2.95. The Bertz CT molecular complexity index is 519. The maximum absolute atomic E-state index is 11.9. The lowest BCUT2D eigenvalue weighted by Crippen LogP contribution is -2.45. The second-order valence-electron chi connectivity index (χ2n) is 5.98. The quantitative estimate of drug-likeness (QED) is 0.825. The predicted molar refractivity (Wildman–Crippen MR) is 85.4 cm³/mol. The molecule has 1 amide bonds. The molecule has 23 heavy (non-hydrogen) atoms. The summed E-state index contributed by atoms with van der Waals surface area (Å²) >= 11 is 0. The number of aromatic nitrogens is 2. The second-order valence-corrected chi connectivity index (χ2v) is 5.98. The first kappa shape index (κ1) is 16.1. The summed E-state index contributed by atoms with van der Waals surface area (Å²) in [5, 5.41) is 11.1. The maximum atomic E-state index is 11.9. The Morgan fingerprint density at radius 2 is 2.00 bits per heavy atom. The number of ether oxygens (including phenoxy) is 2. The van der Waals surface area contributed by atoms with E-state index in [1.165, 1.54) is 0 Å². The zero-order valence-electron chi connectivity index (χ0n) is 13.6. The third-order valence-electron chi connectivity index (χ3n) is 4.36. The Balaban J connectivity index is 1.54. The second kappa shape index (κ2) is 7.23. The van der Waals surface area contributed by atoms with E-state index in [0.29, 0.717) is 25.5 Å². The number of unbranched alkanes of at least 4 members (excludes halogenated alkanes) is 1. The summed E-state index contributed by atoms with van der Waals surface area (Å²) in [5.41, 5.74) is 0.362. The van der Waals surface area contributed by atoms with Gasteiger partial charge in [-0.05, 0) is 18.6 Å². The number of carbonyl (C=O) groups excluding carboxylic acids is 1. The molecule has 3 heterocycles. The van der Waals surface area contributed by atoms with E-state index in [9.17, 15) is 4.79 Å². The topological polar surface area (TPSA) is 76.6 Å². The highest BCUT2D eigenvalue weighted by molar-refractivity contribution is 5.92. The molecule has 2 aliphatic heterocycles. The molecule has 0 unspecified atom stereocenters. The number of hydrogen-bond acceptors (Lipinski definition) is 6. The van der Waals surface area contributed by atoms with Gasteiger partial charge < -0.3 is 19.7 Å². The lowest BCUT2D eigenvalue weighted by Gasteiger charge is -2.37. The first-order valence-electron chi connectivity index (χ1n) is 8.37. The van der Waals surface area contributed by atoms with Crippen LogP contribution in [0.1, 0.15) is 43.1 Å². The molecule has 2 aliphatic rings. The van der Waals surface area contributed by atoms with Crippen molar-refractivity contribution in [3.8, 4) is 0 Å². The Hall–Kier alpha value is -1.73. The molecular formula is C16H24N4O3. The molecule has 126 valence electrons. The number of hydrogen-bond donors (Lipinski definition) is 1. The van der Waals surface area contributed by atoms with Crippen LogP contribution in [0.15, 0.2) is 12.1 Å². The van der Waals surface area contributed by atoms with Crippen LogP contribution in [0.2, 0.25) is 0 Å². The van der Waals surface area contributed by atoms with Crippen molar-refractivity contribution < 1.29 is 14.3 Å². The van der Waals surface area contributed by atoms with Crippen LogP contribution in [0.5, 0.6) is 0 Å². The van der Waals surface area contributed by atoms with Crippen LogP contribution in [-0.2, 0) is 9.47 Å². The third kappa shape index (κ3) is 3.79. The number of anilines is 1. The molecule has 2 saturated heterocycles. The first-order chi connectivity index (χ1) is 11.2. The molecule has 1 N–H and O–H groups in total. The summed E-state index contributed by atoms with van der Waals surface area (Å²) in [6, 6.07) is 3.59. The van der Waals surface area contributed by atoms with Gasteiger partial charge in [-0.25, -0.2) is 0 Å². The largest absolute Gasteiger partial charge is 0.355 e. The summed E-state index contributed by atoms with van der Waals surface area (Å²) in [7, 11) is 0. The molecule has 0 aliphatic carbocycles. The fraction of sp³-hybridized carbons (Fsp3) is 0.688. The van der Waals surface area contributed by atoms with Crippen LogP contribution in [0.3, 0.4) is 0 Å². The molecule has 1 spiro atoms. The Kier molecular flexibility index (Phi) is 5.07. The van der Waals surface area contributed by atoms with Gasteiger partial charge in [-0.1, -0.05) is 13.3 Å². The SMILES string of the molecule is CCCCNC(=O)c1ccc(N2CCC3(CC2)OCCO3)nn1. The smallest absolute Gasteiger partial charge is 0.271 e. The van der Waals surface area contributed by atoms with E-state index < -0.39 is 0 Å². The van der Waals surface area contributed by atoms with E-state index in [0.717, 1.165) is 44.6 Å². The first-order valence-corrected chi connectivity index (χ1v) is 8.37. The van der Waals surface area contributed by atoms with Gasteiger partial charge in [0.25, 0.3) is 5.91 Å². The van der Waals surface area contributed by atoms with Crippen LogP contribution in [0.25, 0.3) is 0 Å². The van der Waals surface area contributed by atoms with Gasteiger partial charge in [-0.2, -0.15) is 0 Å². The number of amides is 1. The number of carbonyl (C=O) groups is 1. The van der Waals surface area contributed by atoms with E-state index in [4.69, 9.17) is 9.47 Å². The Morgan fingerprint density at radius 1 is 1.26 bits per heavy atom. The predicted octanol–water partition coefficient (Wildman–Crippen LogP) is 1.35. The van der Waals surface area contributed by atoms with Gasteiger partial charge in [-0.15, -0.1) is 10.2 Å². The lowest BCUT2D eigenvalue weighted by molar-refractivity contribution is -0.169. The summed E-state index contributed by atoms with van der Waals surface area (Å²) < 4.78 is 11.5. The highest BCUT2D eigenvalue weighted by atomic mass is 16.7. The fourth-order valence-electron chi connectivity index (χ4n) is 2.95. The molecule has 7 nitrogen and oxygen atoms in total. The molecule has 0 aromatic carbocycles. The van der Waals surface area contributed by atoms with E-state index in [1.807, 2.05) is 6.07 Å². The maximum Gasteiger partial charge on any atom is 0.271 e. The molecule has 7 heteroatoms. The van der Waals surface area contributed by atoms with Gasteiger partial charge in [0.1, 0.15) is 0 Å². The average Bonchev–Trinajstić information content (AvgIpc) is 3.04. The van der Waals surface area contributed by atoms with Crippen LogP contribution < -0.4 is 10.2 Å². The van der Waals surface area contributed by atoms with Crippen molar-refractivity contribution in [2.75, 3.05) is 37.7 Å². The molecule has 0 atom stereocenters. The molecular weight excluding hydrogens is 296 g/mol. The summed E-state index contributed by atoms with van der Waals surface area (Å²) in [4.78, 5) is 14.1. The van der Waals surface area contributed by atoms with Crippen molar-refractivity contribution in [2.24, 2.45) is 0 Å². The van der Waals surface area contributed by atoms with E-state index >= 15 is 0 Å². The number of nitrogens with one attached hydrogen (secondary N) is 1. The zero-order chi connectivity index (χ0) is 16.1. The summed E-state index contributed by atoms with van der Waals surface area (Å²) in [5.74, 6) is 0.244. The molecule has 3 rings (SSSR count). The van der Waals surface area contributed by atoms with Gasteiger partial charge in [-0.3, -0.25) is 4.79 Å². The third-order valence-corrected chi connectivity index (χ3v) is 4.36. The van der Waals surface area contributed by atoms with Crippen molar-refractivity contribution in [3.63, 3.8) is 0 Å². The molecule has 1 aromatic rings. The lowest BCUT2D eigenvalue weighted by atomic mass is 10.0. The Labute approximate surface area is 136 Å². The van der Waals surface area contributed by atoms with Gasteiger partial charge in [0.05, 0.1) is 13.2 Å². The molecule has 0 saturated carbocycles. The number of piperidine rings is 1. The minimum absolute atomic E-state index is 0.164. The van der Waals surface area contributed by atoms with Crippen molar-refractivity contribution in [1.82, 2.24) is 15.5 Å².